The minimum absolute atomic E-state index is 0. The summed E-state index contributed by atoms with van der Waals surface area (Å²) in [5.74, 6) is 0.523. The Morgan fingerprint density at radius 3 is 2.79 bits per heavy atom. The molecule has 0 spiro atoms. The van der Waals surface area contributed by atoms with Crippen LogP contribution in [-0.2, 0) is 4.79 Å². The molecule has 3 nitrogen and oxygen atoms in total. The summed E-state index contributed by atoms with van der Waals surface area (Å²) in [5.41, 5.74) is 5.99. The molecule has 0 saturated carbocycles. The molecule has 0 aliphatic carbocycles. The number of thioether (sulfide) groups is 1. The van der Waals surface area contributed by atoms with E-state index in [-0.39, 0.29) is 23.6 Å². The van der Waals surface area contributed by atoms with Crippen LogP contribution in [0.4, 0.5) is 0 Å². The summed E-state index contributed by atoms with van der Waals surface area (Å²) in [5, 5.41) is -0.314. The van der Waals surface area contributed by atoms with Gasteiger partial charge in [0.25, 0.3) is 0 Å². The summed E-state index contributed by atoms with van der Waals surface area (Å²) in [7, 11) is 0. The average molecular weight is 233 g/mol. The molecule has 1 unspecified atom stereocenters. The lowest BCUT2D eigenvalue weighted by Gasteiger charge is -2.10. The van der Waals surface area contributed by atoms with E-state index in [0.29, 0.717) is 0 Å². The van der Waals surface area contributed by atoms with Gasteiger partial charge in [-0.05, 0) is 17.9 Å². The van der Waals surface area contributed by atoms with Crippen LogP contribution < -0.4 is 5.73 Å². The Labute approximate surface area is 93.9 Å². The second-order valence-electron chi connectivity index (χ2n) is 2.49. The standard InChI is InChI=1S/C9H12N2OS.ClH/c1-2-13-8(9(10)12)7-5-3-4-6-11-7;/h3-6,8H,2H2,1H3,(H2,10,12);1H. The first kappa shape index (κ1) is 13.3. The normalized spacial score (nSPS) is 11.5. The molecule has 1 amide bonds. The van der Waals surface area contributed by atoms with Crippen molar-refractivity contribution in [2.24, 2.45) is 5.73 Å². The lowest BCUT2D eigenvalue weighted by Crippen LogP contribution is -2.19. The van der Waals surface area contributed by atoms with Gasteiger partial charge in [-0.25, -0.2) is 0 Å². The number of primary amides is 1. The molecule has 0 aliphatic rings. The van der Waals surface area contributed by atoms with Crippen LogP contribution in [0.3, 0.4) is 0 Å². The molecule has 1 aromatic rings. The zero-order valence-electron chi connectivity index (χ0n) is 7.84. The van der Waals surface area contributed by atoms with Crippen molar-refractivity contribution in [2.75, 3.05) is 5.75 Å². The van der Waals surface area contributed by atoms with Gasteiger partial charge >= 0.3 is 0 Å². The van der Waals surface area contributed by atoms with E-state index in [9.17, 15) is 4.79 Å². The van der Waals surface area contributed by atoms with Gasteiger partial charge in [-0.15, -0.1) is 24.2 Å². The molecule has 5 heteroatoms. The van der Waals surface area contributed by atoms with E-state index in [1.165, 1.54) is 11.8 Å². The highest BCUT2D eigenvalue weighted by molar-refractivity contribution is 8.00. The monoisotopic (exact) mass is 232 g/mol. The van der Waals surface area contributed by atoms with Crippen molar-refractivity contribution in [2.45, 2.75) is 12.2 Å². The van der Waals surface area contributed by atoms with Gasteiger partial charge in [0.1, 0.15) is 5.25 Å². The first-order valence-corrected chi connectivity index (χ1v) is 5.12. The second-order valence-corrected chi connectivity index (χ2v) is 3.87. The molecular formula is C9H13ClN2OS. The molecule has 0 fully saturated rings. The molecule has 0 saturated heterocycles. The fourth-order valence-electron chi connectivity index (χ4n) is 1.01. The predicted molar refractivity (Wildman–Crippen MR) is 61.6 cm³/mol. The Balaban J connectivity index is 0.00000169. The summed E-state index contributed by atoms with van der Waals surface area (Å²) in [6.45, 7) is 1.99. The number of rotatable bonds is 4. The topological polar surface area (TPSA) is 56.0 Å². The Morgan fingerprint density at radius 1 is 1.64 bits per heavy atom. The number of carbonyl (C=O) groups is 1. The second kappa shape index (κ2) is 6.68. The van der Waals surface area contributed by atoms with Crippen molar-refractivity contribution in [3.8, 4) is 0 Å². The van der Waals surface area contributed by atoms with Crippen molar-refractivity contribution in [1.82, 2.24) is 4.98 Å². The molecule has 0 radical (unpaired) electrons. The van der Waals surface area contributed by atoms with Gasteiger partial charge in [0.05, 0.1) is 5.69 Å². The maximum atomic E-state index is 11.1. The van der Waals surface area contributed by atoms with Crippen LogP contribution in [0.15, 0.2) is 24.4 Å². The van der Waals surface area contributed by atoms with Crippen LogP contribution in [0.2, 0.25) is 0 Å². The quantitative estimate of drug-likeness (QED) is 0.861. The zero-order valence-corrected chi connectivity index (χ0v) is 9.48. The summed E-state index contributed by atoms with van der Waals surface area (Å²) < 4.78 is 0. The average Bonchev–Trinajstić information content (AvgIpc) is 2.15. The van der Waals surface area contributed by atoms with Gasteiger partial charge < -0.3 is 5.73 Å². The Morgan fingerprint density at radius 2 is 2.36 bits per heavy atom. The van der Waals surface area contributed by atoms with E-state index in [0.717, 1.165) is 11.4 Å². The highest BCUT2D eigenvalue weighted by Gasteiger charge is 2.17. The molecule has 1 heterocycles. The molecule has 0 bridgehead atoms. The van der Waals surface area contributed by atoms with E-state index < -0.39 is 0 Å². The molecule has 14 heavy (non-hydrogen) atoms. The van der Waals surface area contributed by atoms with Gasteiger partial charge in [0.2, 0.25) is 5.91 Å². The highest BCUT2D eigenvalue weighted by Crippen LogP contribution is 2.25. The number of nitrogens with two attached hydrogens (primary N) is 1. The lowest BCUT2D eigenvalue weighted by molar-refractivity contribution is -0.117. The summed E-state index contributed by atoms with van der Waals surface area (Å²) in [4.78, 5) is 15.1. The minimum atomic E-state index is -0.328. The first-order valence-electron chi connectivity index (χ1n) is 4.07. The maximum absolute atomic E-state index is 11.1. The molecule has 2 N–H and O–H groups in total. The number of hydrogen-bond donors (Lipinski definition) is 1. The largest absolute Gasteiger partial charge is 0.368 e. The summed E-state index contributed by atoms with van der Waals surface area (Å²) in [6, 6.07) is 5.49. The number of hydrogen-bond acceptors (Lipinski definition) is 3. The van der Waals surface area contributed by atoms with E-state index in [4.69, 9.17) is 5.73 Å². The van der Waals surface area contributed by atoms with Gasteiger partial charge in [-0.2, -0.15) is 0 Å². The van der Waals surface area contributed by atoms with Crippen molar-refractivity contribution in [3.05, 3.63) is 30.1 Å². The van der Waals surface area contributed by atoms with Crippen molar-refractivity contribution >= 4 is 30.1 Å². The van der Waals surface area contributed by atoms with Crippen molar-refractivity contribution in [3.63, 3.8) is 0 Å². The first-order chi connectivity index (χ1) is 6.25. The van der Waals surface area contributed by atoms with Crippen molar-refractivity contribution in [1.29, 1.82) is 0 Å². The van der Waals surface area contributed by atoms with Gasteiger partial charge in [0.15, 0.2) is 0 Å². The van der Waals surface area contributed by atoms with Crippen LogP contribution in [0.5, 0.6) is 0 Å². The van der Waals surface area contributed by atoms with E-state index in [1.807, 2.05) is 25.1 Å². The van der Waals surface area contributed by atoms with Crippen molar-refractivity contribution < 1.29 is 4.79 Å². The molecule has 1 aromatic heterocycles. The number of nitrogens with zero attached hydrogens (tertiary/aromatic N) is 1. The third-order valence-corrected chi connectivity index (χ3v) is 2.69. The minimum Gasteiger partial charge on any atom is -0.368 e. The predicted octanol–water partition coefficient (Wildman–Crippen LogP) is 1.78. The number of aromatic nitrogens is 1. The maximum Gasteiger partial charge on any atom is 0.236 e. The Hall–Kier alpha value is -0.740. The van der Waals surface area contributed by atoms with E-state index in [2.05, 4.69) is 4.98 Å². The third kappa shape index (κ3) is 3.55. The fourth-order valence-corrected chi connectivity index (χ4v) is 1.82. The van der Waals surface area contributed by atoms with Gasteiger partial charge in [-0.1, -0.05) is 13.0 Å². The molecule has 78 valence electrons. The van der Waals surface area contributed by atoms with Crippen LogP contribution >= 0.6 is 24.2 Å². The smallest absolute Gasteiger partial charge is 0.236 e. The zero-order chi connectivity index (χ0) is 9.68. The van der Waals surface area contributed by atoms with Crippen LogP contribution in [0.1, 0.15) is 17.9 Å². The highest BCUT2D eigenvalue weighted by atomic mass is 35.5. The third-order valence-electron chi connectivity index (χ3n) is 1.55. The Bertz CT molecular complexity index is 281. The van der Waals surface area contributed by atoms with Gasteiger partial charge in [-0.3, -0.25) is 9.78 Å². The van der Waals surface area contributed by atoms with Crippen LogP contribution in [0, 0.1) is 0 Å². The number of amides is 1. The summed E-state index contributed by atoms with van der Waals surface area (Å²) in [6.07, 6.45) is 1.67. The Kier molecular flexibility index (Phi) is 6.32. The number of pyridine rings is 1. The molecular weight excluding hydrogens is 220 g/mol. The van der Waals surface area contributed by atoms with Crippen LogP contribution in [0.25, 0.3) is 0 Å². The molecule has 0 aromatic carbocycles. The van der Waals surface area contributed by atoms with E-state index >= 15 is 0 Å². The molecule has 0 aliphatic heterocycles. The van der Waals surface area contributed by atoms with E-state index in [1.54, 1.807) is 6.20 Å². The number of halogens is 1. The molecule has 1 atom stereocenters. The fraction of sp³-hybridized carbons (Fsp3) is 0.333. The SMILES string of the molecule is CCSC(C(N)=O)c1ccccn1.Cl. The number of carbonyl (C=O) groups excluding carboxylic acids is 1. The van der Waals surface area contributed by atoms with Crippen LogP contribution in [-0.4, -0.2) is 16.6 Å². The molecule has 1 rings (SSSR count). The van der Waals surface area contributed by atoms with Gasteiger partial charge in [0, 0.05) is 6.20 Å². The summed E-state index contributed by atoms with van der Waals surface area (Å²) >= 11 is 1.50. The lowest BCUT2D eigenvalue weighted by atomic mass is 10.2.